The van der Waals surface area contributed by atoms with Crippen molar-refractivity contribution in [2.75, 3.05) is 0 Å². The number of benzene rings is 4. The smallest absolute Gasteiger partial charge is 0.0307 e. The number of unbranched alkanes of at least 4 members (excludes halogenated alkanes) is 2. The van der Waals surface area contributed by atoms with E-state index >= 15 is 0 Å². The van der Waals surface area contributed by atoms with Crippen molar-refractivity contribution in [3.05, 3.63) is 131 Å². The normalized spacial score (nSPS) is 10.5. The van der Waals surface area contributed by atoms with Crippen molar-refractivity contribution in [2.45, 2.75) is 79.3 Å². The van der Waals surface area contributed by atoms with Crippen molar-refractivity contribution >= 4 is 31.1 Å². The van der Waals surface area contributed by atoms with Crippen LogP contribution in [0.25, 0.3) is 43.8 Å². The molecule has 0 amide bonds. The molecule has 2 radical (unpaired) electrons. The van der Waals surface area contributed by atoms with Crippen LogP contribution in [-0.2, 0) is 38.7 Å². The Balaban J connectivity index is 0.000000216. The zero-order valence-electron chi connectivity index (χ0n) is 27.6. The molecule has 6 aromatic rings. The summed E-state index contributed by atoms with van der Waals surface area (Å²) in [5, 5.41) is 5.54. The molecule has 6 rings (SSSR count). The van der Waals surface area contributed by atoms with Crippen LogP contribution in [0.2, 0.25) is 13.1 Å². The van der Waals surface area contributed by atoms with Gasteiger partial charge in [0.25, 0.3) is 0 Å². The monoisotopic (exact) mass is 760 g/mol. The van der Waals surface area contributed by atoms with Gasteiger partial charge >= 0.3 is 0 Å². The predicted molar refractivity (Wildman–Crippen MR) is 194 cm³/mol. The molecule has 0 heterocycles. The second-order valence-corrected chi connectivity index (χ2v) is 12.7. The number of hydrogen-bond acceptors (Lipinski definition) is 0. The van der Waals surface area contributed by atoms with Gasteiger partial charge in [-0.3, -0.25) is 0 Å². The molecule has 0 saturated heterocycles. The second kappa shape index (κ2) is 18.2. The first kappa shape index (κ1) is 35.7. The minimum Gasteiger partial charge on any atom is -0.164 e. The molecule has 226 valence electrons. The van der Waals surface area contributed by atoms with E-state index in [1.165, 1.54) is 105 Å². The fraction of sp³-hybridized carbons (Fsp3) is 0.286. The van der Waals surface area contributed by atoms with Crippen molar-refractivity contribution in [3.63, 3.8) is 0 Å². The number of aryl methyl sites for hydroxylation is 4. The minimum absolute atomic E-state index is 0. The second-order valence-electron chi connectivity index (χ2n) is 11.7. The topological polar surface area (TPSA) is 0 Å². The predicted octanol–water partition coefficient (Wildman–Crippen LogP) is 12.5. The SMILES string of the molecule is CCCCc1cc2c(-c3ccccc3C)cccc2[cH-]1.CCCCc1cc2c(-c3ccccc3C)cccc2[cH-]1.C[Si]C.[Hf]. The summed E-state index contributed by atoms with van der Waals surface area (Å²) in [6.07, 6.45) is 7.45. The molecule has 2 heteroatoms. The van der Waals surface area contributed by atoms with Gasteiger partial charge in [0.1, 0.15) is 0 Å². The molecular weight excluding hydrogens is 711 g/mol. The largest absolute Gasteiger partial charge is 0.164 e. The molecule has 0 nitrogen and oxygen atoms in total. The van der Waals surface area contributed by atoms with Crippen LogP contribution in [0.4, 0.5) is 0 Å². The third kappa shape index (κ3) is 9.11. The summed E-state index contributed by atoms with van der Waals surface area (Å²) in [5.41, 5.74) is 11.1. The maximum absolute atomic E-state index is 2.38. The molecule has 0 aromatic heterocycles. The van der Waals surface area contributed by atoms with E-state index in [-0.39, 0.29) is 25.8 Å². The van der Waals surface area contributed by atoms with E-state index in [1.54, 1.807) is 0 Å². The average Bonchev–Trinajstić information content (AvgIpc) is 3.64. The molecule has 0 aliphatic carbocycles. The third-order valence-electron chi connectivity index (χ3n) is 8.13. The zero-order chi connectivity index (χ0) is 30.6. The third-order valence-corrected chi connectivity index (χ3v) is 8.13. The van der Waals surface area contributed by atoms with Crippen molar-refractivity contribution < 1.29 is 25.8 Å². The van der Waals surface area contributed by atoms with Crippen LogP contribution in [0, 0.1) is 13.8 Å². The Morgan fingerprint density at radius 2 is 0.886 bits per heavy atom. The Bertz CT molecular complexity index is 1590. The molecular formula is C42H48HfSi-2. The van der Waals surface area contributed by atoms with Gasteiger partial charge < -0.3 is 0 Å². The van der Waals surface area contributed by atoms with E-state index in [0.29, 0.717) is 0 Å². The van der Waals surface area contributed by atoms with Crippen LogP contribution in [0.5, 0.6) is 0 Å². The molecule has 0 unspecified atom stereocenters. The molecule has 0 aliphatic heterocycles. The van der Waals surface area contributed by atoms with Gasteiger partial charge in [0.05, 0.1) is 0 Å². The Labute approximate surface area is 288 Å². The van der Waals surface area contributed by atoms with Gasteiger partial charge in [0.15, 0.2) is 0 Å². The van der Waals surface area contributed by atoms with Crippen molar-refractivity contribution in [1.82, 2.24) is 0 Å². The van der Waals surface area contributed by atoms with Crippen LogP contribution < -0.4 is 0 Å². The first-order valence-corrected chi connectivity index (χ1v) is 18.1. The summed E-state index contributed by atoms with van der Waals surface area (Å²) in [4.78, 5) is 0. The number of fused-ring (bicyclic) bond motifs is 2. The van der Waals surface area contributed by atoms with Gasteiger partial charge in [0.2, 0.25) is 0 Å². The molecule has 0 aliphatic rings. The van der Waals surface area contributed by atoms with Gasteiger partial charge in [-0.15, -0.1) is 69.1 Å². The van der Waals surface area contributed by atoms with Gasteiger partial charge in [-0.1, -0.05) is 124 Å². The Kier molecular flexibility index (Phi) is 14.8. The molecule has 0 fully saturated rings. The Morgan fingerprint density at radius 3 is 1.25 bits per heavy atom. The summed E-state index contributed by atoms with van der Waals surface area (Å²) in [7, 11) is 1.08. The molecule has 6 aromatic carbocycles. The van der Waals surface area contributed by atoms with Crippen molar-refractivity contribution in [2.24, 2.45) is 0 Å². The van der Waals surface area contributed by atoms with Gasteiger partial charge in [-0.05, 0) is 48.9 Å². The van der Waals surface area contributed by atoms with E-state index in [1.807, 2.05) is 0 Å². The average molecular weight is 759 g/mol. The standard InChI is InChI=1S/2C20H21.C2H6Si.Hf/c2*1-3-4-9-16-13-17-10-7-12-19(20(17)14-16)18-11-6-5-8-15(18)2;1-3-2;/h2*5-8,10-14H,3-4,9H2,1-2H3;1-2H3;/q2*-1;;. The molecule has 44 heavy (non-hydrogen) atoms. The fourth-order valence-electron chi connectivity index (χ4n) is 5.86. The van der Waals surface area contributed by atoms with E-state index in [0.717, 1.165) is 9.52 Å². The van der Waals surface area contributed by atoms with Gasteiger partial charge in [-0.2, -0.15) is 12.1 Å². The van der Waals surface area contributed by atoms with E-state index < -0.39 is 0 Å². The van der Waals surface area contributed by atoms with Gasteiger partial charge in [-0.25, -0.2) is 0 Å². The number of hydrogen-bond donors (Lipinski definition) is 0. The van der Waals surface area contributed by atoms with Crippen LogP contribution in [-0.4, -0.2) is 9.52 Å². The van der Waals surface area contributed by atoms with Crippen LogP contribution in [0.15, 0.2) is 109 Å². The van der Waals surface area contributed by atoms with Crippen molar-refractivity contribution in [1.29, 1.82) is 0 Å². The van der Waals surface area contributed by atoms with Crippen LogP contribution in [0.1, 0.15) is 61.8 Å². The van der Waals surface area contributed by atoms with Crippen LogP contribution in [0.3, 0.4) is 0 Å². The quantitative estimate of drug-likeness (QED) is 0.107. The summed E-state index contributed by atoms with van der Waals surface area (Å²) in [6, 6.07) is 40.1. The Hall–Kier alpha value is -2.81. The zero-order valence-corrected chi connectivity index (χ0v) is 32.2. The molecule has 0 spiro atoms. The first-order chi connectivity index (χ1) is 21.0. The molecule has 0 bridgehead atoms. The maximum atomic E-state index is 2.38. The number of rotatable bonds is 8. The maximum Gasteiger partial charge on any atom is 0.0307 e. The molecule has 0 saturated carbocycles. The fourth-order valence-corrected chi connectivity index (χ4v) is 5.86. The molecule has 0 atom stereocenters. The first-order valence-electron chi connectivity index (χ1n) is 16.1. The van der Waals surface area contributed by atoms with E-state index in [4.69, 9.17) is 0 Å². The van der Waals surface area contributed by atoms with Gasteiger partial charge in [0, 0.05) is 35.4 Å². The Morgan fingerprint density at radius 1 is 0.523 bits per heavy atom. The van der Waals surface area contributed by atoms with Crippen molar-refractivity contribution in [3.8, 4) is 22.3 Å². The molecule has 0 N–H and O–H groups in total. The summed E-state index contributed by atoms with van der Waals surface area (Å²) in [6.45, 7) is 13.2. The summed E-state index contributed by atoms with van der Waals surface area (Å²) >= 11 is 0. The van der Waals surface area contributed by atoms with E-state index in [9.17, 15) is 0 Å². The van der Waals surface area contributed by atoms with Crippen LogP contribution >= 0.6 is 0 Å². The summed E-state index contributed by atoms with van der Waals surface area (Å²) in [5.74, 6) is 0. The van der Waals surface area contributed by atoms with E-state index in [2.05, 4.69) is 150 Å². The minimum atomic E-state index is 0. The summed E-state index contributed by atoms with van der Waals surface area (Å²) < 4.78 is 0.